The monoisotopic (exact) mass is 434 g/mol. The summed E-state index contributed by atoms with van der Waals surface area (Å²) in [7, 11) is -3.69. The van der Waals surface area contributed by atoms with Crippen LogP contribution in [0.2, 0.25) is 0 Å². The number of hydrogen-bond acceptors (Lipinski definition) is 4. The minimum atomic E-state index is -3.69. The van der Waals surface area contributed by atoms with Gasteiger partial charge in [-0.15, -0.1) is 6.58 Å². The maximum Gasteiger partial charge on any atom is 0.269 e. The zero-order valence-electron chi connectivity index (χ0n) is 11.7. The first-order valence-corrected chi connectivity index (χ1v) is 9.36. The largest absolute Gasteiger partial charge is 0.269 e. The third-order valence-electron chi connectivity index (χ3n) is 4.23. The number of nitro benzene ring substituents is 1. The number of alkyl halides is 1. The molecule has 0 radical (unpaired) electrons. The lowest BCUT2D eigenvalue weighted by atomic mass is 9.50. The Balaban J connectivity index is 1.92. The van der Waals surface area contributed by atoms with Crippen LogP contribution in [0.15, 0.2) is 35.7 Å². The molecular formula is C14H15IN2O4S. The highest BCUT2D eigenvalue weighted by molar-refractivity contribution is 14.1. The van der Waals surface area contributed by atoms with E-state index in [9.17, 15) is 18.5 Å². The van der Waals surface area contributed by atoms with Crippen molar-refractivity contribution >= 4 is 38.3 Å². The van der Waals surface area contributed by atoms with Gasteiger partial charge in [-0.25, -0.2) is 13.1 Å². The van der Waals surface area contributed by atoms with Gasteiger partial charge in [0.15, 0.2) is 0 Å². The highest BCUT2D eigenvalue weighted by Gasteiger charge is 2.67. The van der Waals surface area contributed by atoms with Crippen molar-refractivity contribution in [1.29, 1.82) is 0 Å². The first kappa shape index (κ1) is 15.9. The number of sulfonamides is 1. The van der Waals surface area contributed by atoms with E-state index in [1.165, 1.54) is 18.2 Å². The molecule has 0 unspecified atom stereocenters. The van der Waals surface area contributed by atoms with Crippen LogP contribution in [0.25, 0.3) is 0 Å². The van der Waals surface area contributed by atoms with E-state index >= 15 is 0 Å². The van der Waals surface area contributed by atoms with Gasteiger partial charge in [0.1, 0.15) is 0 Å². The molecule has 1 N–H and O–H groups in total. The number of rotatable bonds is 6. The zero-order valence-corrected chi connectivity index (χ0v) is 14.7. The molecule has 0 spiro atoms. The van der Waals surface area contributed by atoms with Crippen LogP contribution in [-0.2, 0) is 16.4 Å². The van der Waals surface area contributed by atoms with E-state index in [-0.39, 0.29) is 26.0 Å². The van der Waals surface area contributed by atoms with E-state index in [2.05, 4.69) is 33.9 Å². The fourth-order valence-corrected chi connectivity index (χ4v) is 7.19. The number of non-ortho nitro benzene ring substituents is 1. The van der Waals surface area contributed by atoms with Crippen LogP contribution in [0.5, 0.6) is 0 Å². The van der Waals surface area contributed by atoms with E-state index in [1.807, 2.05) is 0 Å². The van der Waals surface area contributed by atoms with Crippen LogP contribution < -0.4 is 4.72 Å². The number of nitrogens with one attached hydrogen (secondary N) is 1. The summed E-state index contributed by atoms with van der Waals surface area (Å²) < 4.78 is 28.3. The maximum absolute atomic E-state index is 12.6. The molecule has 3 aliphatic rings. The predicted molar refractivity (Wildman–Crippen MR) is 90.7 cm³/mol. The second-order valence-electron chi connectivity index (χ2n) is 6.11. The lowest BCUT2D eigenvalue weighted by Gasteiger charge is -2.67. The highest BCUT2D eigenvalue weighted by Crippen LogP contribution is 2.66. The second kappa shape index (κ2) is 5.00. The van der Waals surface area contributed by atoms with Crippen molar-refractivity contribution in [2.75, 3.05) is 0 Å². The molecule has 4 rings (SSSR count). The molecule has 3 fully saturated rings. The predicted octanol–water partition coefficient (Wildman–Crippen LogP) is 2.71. The van der Waals surface area contributed by atoms with Crippen LogP contribution in [0, 0.1) is 10.1 Å². The van der Waals surface area contributed by atoms with Crippen molar-refractivity contribution < 1.29 is 13.3 Å². The number of benzene rings is 1. The number of halogens is 1. The van der Waals surface area contributed by atoms with Crippen molar-refractivity contribution in [3.63, 3.8) is 0 Å². The maximum atomic E-state index is 12.6. The van der Waals surface area contributed by atoms with E-state index in [0.717, 1.165) is 19.3 Å². The van der Waals surface area contributed by atoms with Crippen LogP contribution in [0.3, 0.4) is 0 Å². The molecule has 8 heteroatoms. The Morgan fingerprint density at radius 1 is 1.41 bits per heavy atom. The summed E-state index contributed by atoms with van der Waals surface area (Å²) >= 11 is 2.38. The molecule has 0 aromatic heterocycles. The topological polar surface area (TPSA) is 89.3 Å². The Bertz CT molecular complexity index is 755. The average molecular weight is 434 g/mol. The van der Waals surface area contributed by atoms with Gasteiger partial charge in [0.2, 0.25) is 10.0 Å². The molecule has 0 saturated heterocycles. The minimum Gasteiger partial charge on any atom is -0.258 e. The third kappa shape index (κ3) is 2.56. The van der Waals surface area contributed by atoms with Crippen molar-refractivity contribution in [1.82, 2.24) is 4.72 Å². The summed E-state index contributed by atoms with van der Waals surface area (Å²) in [5.41, 5.74) is -0.0345. The smallest absolute Gasteiger partial charge is 0.258 e. The van der Waals surface area contributed by atoms with Gasteiger partial charge in [0.25, 0.3) is 5.69 Å². The molecular weight excluding hydrogens is 419 g/mol. The molecule has 3 saturated carbocycles. The Labute approximate surface area is 142 Å². The van der Waals surface area contributed by atoms with Crippen molar-refractivity contribution in [3.05, 3.63) is 46.5 Å². The second-order valence-corrected chi connectivity index (χ2v) is 10.0. The van der Waals surface area contributed by atoms with Gasteiger partial charge in [-0.3, -0.25) is 10.1 Å². The van der Waals surface area contributed by atoms with E-state index < -0.39 is 14.9 Å². The molecule has 3 aliphatic carbocycles. The van der Waals surface area contributed by atoms with Crippen LogP contribution >= 0.6 is 22.6 Å². The van der Waals surface area contributed by atoms with Gasteiger partial charge in [-0.1, -0.05) is 28.7 Å². The summed E-state index contributed by atoms with van der Waals surface area (Å²) in [5.74, 6) is 0. The van der Waals surface area contributed by atoms with Crippen molar-refractivity contribution in [2.45, 2.75) is 39.5 Å². The average Bonchev–Trinajstić information content (AvgIpc) is 2.35. The number of nitro groups is 1. The quantitative estimate of drug-likeness (QED) is 0.245. The molecule has 0 amide bonds. The summed E-state index contributed by atoms with van der Waals surface area (Å²) in [6, 6.07) is 3.84. The van der Waals surface area contributed by atoms with Gasteiger partial charge in [-0.2, -0.15) is 0 Å². The first-order valence-electron chi connectivity index (χ1n) is 6.80. The molecule has 6 nitrogen and oxygen atoms in total. The van der Waals surface area contributed by atoms with Gasteiger partial charge in [-0.05, 0) is 37.3 Å². The van der Waals surface area contributed by atoms with Gasteiger partial charge in [0.05, 0.1) is 9.82 Å². The van der Waals surface area contributed by atoms with E-state index in [0.29, 0.717) is 5.56 Å². The molecule has 22 heavy (non-hydrogen) atoms. The molecule has 0 aliphatic heterocycles. The molecule has 118 valence electrons. The molecule has 0 atom stereocenters. The van der Waals surface area contributed by atoms with Crippen LogP contribution in [0.1, 0.15) is 24.8 Å². The van der Waals surface area contributed by atoms with Crippen LogP contribution in [-0.4, -0.2) is 22.3 Å². The minimum absolute atomic E-state index is 0.102. The van der Waals surface area contributed by atoms with Crippen molar-refractivity contribution in [3.8, 4) is 0 Å². The third-order valence-corrected chi connectivity index (χ3v) is 7.05. The Morgan fingerprint density at radius 2 is 2.05 bits per heavy atom. The number of allylic oxidation sites excluding steroid dienone is 1. The van der Waals surface area contributed by atoms with Crippen LogP contribution in [0.4, 0.5) is 5.69 Å². The molecule has 1 aromatic rings. The van der Waals surface area contributed by atoms with Gasteiger partial charge in [0, 0.05) is 21.1 Å². The Morgan fingerprint density at radius 3 is 2.55 bits per heavy atom. The first-order chi connectivity index (χ1) is 10.2. The molecule has 0 heterocycles. The summed E-state index contributed by atoms with van der Waals surface area (Å²) in [4.78, 5) is 10.4. The Hall–Kier alpha value is -1.000. The summed E-state index contributed by atoms with van der Waals surface area (Å²) in [6.07, 6.45) is 4.36. The van der Waals surface area contributed by atoms with Gasteiger partial charge >= 0.3 is 0 Å². The zero-order chi connectivity index (χ0) is 16.2. The van der Waals surface area contributed by atoms with Crippen molar-refractivity contribution in [2.24, 2.45) is 0 Å². The lowest BCUT2D eigenvalue weighted by Crippen LogP contribution is -2.75. The number of hydrogen-bond donors (Lipinski definition) is 1. The van der Waals surface area contributed by atoms with Gasteiger partial charge < -0.3 is 0 Å². The standard InChI is InChI=1S/C14H15IN2O4S/c1-2-3-10-6-11(17(18)19)4-5-12(10)22(20,21)16-14-7-13(15,8-14)9-14/h2,4-6,16H,1,3,7-9H2. The highest BCUT2D eigenvalue weighted by atomic mass is 127. The lowest BCUT2D eigenvalue weighted by molar-refractivity contribution is -0.385. The number of nitrogens with zero attached hydrogens (tertiary/aromatic N) is 1. The molecule has 1 aromatic carbocycles. The van der Waals surface area contributed by atoms with E-state index in [4.69, 9.17) is 0 Å². The fraction of sp³-hybridized carbons (Fsp3) is 0.429. The fourth-order valence-electron chi connectivity index (χ4n) is 3.37. The molecule has 2 bridgehead atoms. The summed E-state index contributed by atoms with van der Waals surface area (Å²) in [5, 5.41) is 10.9. The Kier molecular flexibility index (Phi) is 3.61. The van der Waals surface area contributed by atoms with E-state index in [1.54, 1.807) is 6.08 Å². The summed E-state index contributed by atoms with van der Waals surface area (Å²) in [6.45, 7) is 3.59. The SMILES string of the molecule is C=CCc1cc([N+](=O)[O-])ccc1S(=O)(=O)NC12CC(I)(C1)C2. The normalized spacial score (nSPS) is 29.3.